The molecule has 0 bridgehead atoms. The van der Waals surface area contributed by atoms with Gasteiger partial charge in [-0.15, -0.1) is 11.6 Å². The van der Waals surface area contributed by atoms with E-state index >= 15 is 0 Å². The molecule has 0 aliphatic rings. The summed E-state index contributed by atoms with van der Waals surface area (Å²) in [6.07, 6.45) is 3.91. The molecule has 3 aromatic rings. The Morgan fingerprint density at radius 2 is 2.10 bits per heavy atom. The number of nitrogens with zero attached hydrogens (tertiary/aromatic N) is 2. The van der Waals surface area contributed by atoms with Crippen LogP contribution in [0.4, 0.5) is 0 Å². The third-order valence-corrected chi connectivity index (χ3v) is 3.48. The number of fused-ring (bicyclic) bond motifs is 1. The average Bonchev–Trinajstić information content (AvgIpc) is 2.95. The zero-order valence-corrected chi connectivity index (χ0v) is 12.4. The molecule has 0 saturated heterocycles. The third-order valence-electron chi connectivity index (χ3n) is 3.17. The first-order chi connectivity index (χ1) is 10.3. The lowest BCUT2D eigenvalue weighted by molar-refractivity contribution is 0.281. The molecule has 108 valence electrons. The van der Waals surface area contributed by atoms with E-state index in [2.05, 4.69) is 4.98 Å². The van der Waals surface area contributed by atoms with Crippen molar-refractivity contribution in [2.75, 3.05) is 7.11 Å². The molecule has 2 aromatic heterocycles. The number of benzene rings is 1. The minimum Gasteiger partial charge on any atom is -0.493 e. The van der Waals surface area contributed by atoms with E-state index in [1.807, 2.05) is 53.2 Å². The predicted octanol–water partition coefficient (Wildman–Crippen LogP) is 3.66. The maximum atomic E-state index is 5.85. The van der Waals surface area contributed by atoms with Gasteiger partial charge >= 0.3 is 0 Å². The van der Waals surface area contributed by atoms with Crippen LogP contribution in [0.25, 0.3) is 5.65 Å². The quantitative estimate of drug-likeness (QED) is 0.675. The van der Waals surface area contributed by atoms with Crippen LogP contribution in [0.2, 0.25) is 0 Å². The second-order valence-corrected chi connectivity index (χ2v) is 4.87. The van der Waals surface area contributed by atoms with Gasteiger partial charge in [0.2, 0.25) is 0 Å². The lowest BCUT2D eigenvalue weighted by atomic mass is 10.2. The van der Waals surface area contributed by atoms with Crippen LogP contribution in [0.15, 0.2) is 48.8 Å². The Hall–Kier alpha value is -2.20. The minimum absolute atomic E-state index is 0.379. The first-order valence-corrected chi connectivity index (χ1v) is 7.12. The van der Waals surface area contributed by atoms with Crippen molar-refractivity contribution in [3.05, 3.63) is 60.0 Å². The number of ether oxygens (including phenoxy) is 2. The highest BCUT2D eigenvalue weighted by Crippen LogP contribution is 2.29. The van der Waals surface area contributed by atoms with E-state index in [1.54, 1.807) is 7.11 Å². The third kappa shape index (κ3) is 2.95. The van der Waals surface area contributed by atoms with Gasteiger partial charge in [-0.3, -0.25) is 0 Å². The molecule has 0 aliphatic heterocycles. The Labute approximate surface area is 127 Å². The van der Waals surface area contributed by atoms with Gasteiger partial charge in [0.1, 0.15) is 12.3 Å². The SMILES string of the molecule is COc1ccc(CCl)cc1OCc1cn2ccccc2n1. The van der Waals surface area contributed by atoms with Crippen LogP contribution in [0, 0.1) is 0 Å². The minimum atomic E-state index is 0.379. The van der Waals surface area contributed by atoms with Gasteiger partial charge in [0.25, 0.3) is 0 Å². The maximum Gasteiger partial charge on any atom is 0.162 e. The molecule has 5 heteroatoms. The van der Waals surface area contributed by atoms with Gasteiger partial charge in [-0.25, -0.2) is 4.98 Å². The van der Waals surface area contributed by atoms with E-state index in [9.17, 15) is 0 Å². The molecule has 0 amide bonds. The van der Waals surface area contributed by atoms with Crippen LogP contribution < -0.4 is 9.47 Å². The van der Waals surface area contributed by atoms with Crippen molar-refractivity contribution in [2.45, 2.75) is 12.5 Å². The van der Waals surface area contributed by atoms with Crippen LogP contribution in [-0.2, 0) is 12.5 Å². The molecule has 21 heavy (non-hydrogen) atoms. The predicted molar refractivity (Wildman–Crippen MR) is 82.1 cm³/mol. The first-order valence-electron chi connectivity index (χ1n) is 6.58. The van der Waals surface area contributed by atoms with Gasteiger partial charge in [-0.05, 0) is 29.8 Å². The average molecular weight is 303 g/mol. The zero-order valence-electron chi connectivity index (χ0n) is 11.6. The molecule has 0 atom stereocenters. The Morgan fingerprint density at radius 1 is 1.19 bits per heavy atom. The molecule has 1 aromatic carbocycles. The highest BCUT2D eigenvalue weighted by Gasteiger charge is 2.07. The molecule has 0 aliphatic carbocycles. The highest BCUT2D eigenvalue weighted by atomic mass is 35.5. The molecule has 0 spiro atoms. The number of alkyl halides is 1. The Balaban J connectivity index is 1.80. The second kappa shape index (κ2) is 6.06. The van der Waals surface area contributed by atoms with E-state index in [1.165, 1.54) is 0 Å². The van der Waals surface area contributed by atoms with E-state index in [0.717, 1.165) is 16.9 Å². The Kier molecular flexibility index (Phi) is 3.97. The van der Waals surface area contributed by atoms with Crippen molar-refractivity contribution in [1.29, 1.82) is 0 Å². The fourth-order valence-electron chi connectivity index (χ4n) is 2.13. The molecule has 0 N–H and O–H groups in total. The summed E-state index contributed by atoms with van der Waals surface area (Å²) in [5.74, 6) is 1.80. The van der Waals surface area contributed by atoms with Crippen molar-refractivity contribution in [3.8, 4) is 11.5 Å². The smallest absolute Gasteiger partial charge is 0.162 e. The van der Waals surface area contributed by atoms with Crippen LogP contribution in [0.1, 0.15) is 11.3 Å². The normalized spacial score (nSPS) is 10.8. The number of aromatic nitrogens is 2. The summed E-state index contributed by atoms with van der Waals surface area (Å²) in [7, 11) is 1.62. The lowest BCUT2D eigenvalue weighted by Gasteiger charge is -2.10. The molecule has 4 nitrogen and oxygen atoms in total. The van der Waals surface area contributed by atoms with E-state index < -0.39 is 0 Å². The highest BCUT2D eigenvalue weighted by molar-refractivity contribution is 6.17. The van der Waals surface area contributed by atoms with Crippen LogP contribution >= 0.6 is 11.6 Å². The van der Waals surface area contributed by atoms with Crippen molar-refractivity contribution in [2.24, 2.45) is 0 Å². The summed E-state index contributed by atoms with van der Waals surface area (Å²) >= 11 is 5.85. The second-order valence-electron chi connectivity index (χ2n) is 4.61. The molecule has 0 unspecified atom stereocenters. The number of methoxy groups -OCH3 is 1. The van der Waals surface area contributed by atoms with Crippen LogP contribution in [0.5, 0.6) is 11.5 Å². The standard InChI is InChI=1S/C16H15ClN2O2/c1-20-14-6-5-12(9-17)8-15(14)21-11-13-10-19-7-3-2-4-16(19)18-13/h2-8,10H,9,11H2,1H3. The van der Waals surface area contributed by atoms with Gasteiger partial charge in [0, 0.05) is 18.3 Å². The van der Waals surface area contributed by atoms with Crippen molar-refractivity contribution in [3.63, 3.8) is 0 Å². The lowest BCUT2D eigenvalue weighted by Crippen LogP contribution is -1.98. The van der Waals surface area contributed by atoms with Gasteiger partial charge < -0.3 is 13.9 Å². The van der Waals surface area contributed by atoms with Gasteiger partial charge in [-0.2, -0.15) is 0 Å². The summed E-state index contributed by atoms with van der Waals surface area (Å²) in [5, 5.41) is 0. The summed E-state index contributed by atoms with van der Waals surface area (Å²) in [4.78, 5) is 4.50. The van der Waals surface area contributed by atoms with Crippen LogP contribution in [-0.4, -0.2) is 16.5 Å². The number of hydrogen-bond acceptors (Lipinski definition) is 3. The number of rotatable bonds is 5. The number of pyridine rings is 1. The zero-order chi connectivity index (χ0) is 14.7. The summed E-state index contributed by atoms with van der Waals surface area (Å²) in [6, 6.07) is 11.5. The molecule has 2 heterocycles. The summed E-state index contributed by atoms with van der Waals surface area (Å²) < 4.78 is 13.1. The fraction of sp³-hybridized carbons (Fsp3) is 0.188. The van der Waals surface area contributed by atoms with E-state index in [4.69, 9.17) is 21.1 Å². The van der Waals surface area contributed by atoms with Crippen molar-refractivity contribution in [1.82, 2.24) is 9.38 Å². The number of imidazole rings is 1. The molecule has 0 saturated carbocycles. The van der Waals surface area contributed by atoms with E-state index in [0.29, 0.717) is 24.0 Å². The molecular formula is C16H15ClN2O2. The summed E-state index contributed by atoms with van der Waals surface area (Å²) in [5.41, 5.74) is 2.75. The number of hydrogen-bond donors (Lipinski definition) is 0. The Morgan fingerprint density at radius 3 is 2.86 bits per heavy atom. The first kappa shape index (κ1) is 13.8. The van der Waals surface area contributed by atoms with Crippen LogP contribution in [0.3, 0.4) is 0 Å². The van der Waals surface area contributed by atoms with Gasteiger partial charge in [-0.1, -0.05) is 12.1 Å². The number of halogens is 1. The molecule has 3 rings (SSSR count). The topological polar surface area (TPSA) is 35.8 Å². The van der Waals surface area contributed by atoms with Gasteiger partial charge in [0.15, 0.2) is 11.5 Å². The van der Waals surface area contributed by atoms with Crippen molar-refractivity contribution < 1.29 is 9.47 Å². The molecular weight excluding hydrogens is 288 g/mol. The molecule has 0 radical (unpaired) electrons. The summed E-state index contributed by atoms with van der Waals surface area (Å²) in [6.45, 7) is 0.379. The fourth-order valence-corrected chi connectivity index (χ4v) is 2.29. The maximum absolute atomic E-state index is 5.85. The van der Waals surface area contributed by atoms with Gasteiger partial charge in [0.05, 0.1) is 12.8 Å². The van der Waals surface area contributed by atoms with E-state index in [-0.39, 0.29) is 0 Å². The van der Waals surface area contributed by atoms with Crippen molar-refractivity contribution >= 4 is 17.2 Å². The monoisotopic (exact) mass is 302 g/mol. The largest absolute Gasteiger partial charge is 0.493 e. The molecule has 0 fully saturated rings. The Bertz CT molecular complexity index is 722.